The van der Waals surface area contributed by atoms with Crippen molar-refractivity contribution in [2.75, 3.05) is 0 Å². The summed E-state index contributed by atoms with van der Waals surface area (Å²) in [4.78, 5) is 11.3. The summed E-state index contributed by atoms with van der Waals surface area (Å²) < 4.78 is 0. The second kappa shape index (κ2) is 4.40. The molecular formula is C10H11ClO2. The van der Waals surface area contributed by atoms with Crippen molar-refractivity contribution in [1.82, 2.24) is 0 Å². The molecule has 0 bridgehead atoms. The molecule has 1 rings (SSSR count). The lowest BCUT2D eigenvalue weighted by atomic mass is 10.1. The molecule has 0 aliphatic carbocycles. The van der Waals surface area contributed by atoms with Crippen LogP contribution in [0.15, 0.2) is 18.2 Å². The summed E-state index contributed by atoms with van der Waals surface area (Å²) in [5.41, 5.74) is 1.21. The summed E-state index contributed by atoms with van der Waals surface area (Å²) in [7, 11) is 0. The summed E-state index contributed by atoms with van der Waals surface area (Å²) >= 11 is 5.77. The Kier molecular flexibility index (Phi) is 3.46. The topological polar surface area (TPSA) is 37.3 Å². The number of hydrogen-bond donors (Lipinski definition) is 1. The van der Waals surface area contributed by atoms with Gasteiger partial charge in [-0.3, -0.25) is 4.79 Å². The maximum absolute atomic E-state index is 11.3. The molecule has 1 aromatic rings. The maximum Gasteiger partial charge on any atom is 0.162 e. The van der Waals surface area contributed by atoms with Crippen molar-refractivity contribution in [3.63, 3.8) is 0 Å². The zero-order valence-corrected chi connectivity index (χ0v) is 8.14. The molecule has 0 saturated carbocycles. The summed E-state index contributed by atoms with van der Waals surface area (Å²) in [6.45, 7) is 1.67. The summed E-state index contributed by atoms with van der Waals surface area (Å²) in [5.74, 6) is 0.0615. The monoisotopic (exact) mass is 198 g/mol. The van der Waals surface area contributed by atoms with Crippen LogP contribution in [0.5, 0.6) is 0 Å². The second-order valence-corrected chi connectivity index (χ2v) is 3.15. The van der Waals surface area contributed by atoms with Crippen LogP contribution in [0.3, 0.4) is 0 Å². The molecule has 0 heterocycles. The average Bonchev–Trinajstić information content (AvgIpc) is 2.17. The SMILES string of the molecule is CCC(=O)c1ccc(Cl)c(CO)c1. The summed E-state index contributed by atoms with van der Waals surface area (Å²) in [6, 6.07) is 4.94. The lowest BCUT2D eigenvalue weighted by Gasteiger charge is -2.03. The van der Waals surface area contributed by atoms with E-state index in [-0.39, 0.29) is 12.4 Å². The fraction of sp³-hybridized carbons (Fsp3) is 0.300. The van der Waals surface area contributed by atoms with E-state index in [9.17, 15) is 4.79 Å². The largest absolute Gasteiger partial charge is 0.392 e. The van der Waals surface area contributed by atoms with Gasteiger partial charge in [-0.05, 0) is 23.8 Å². The molecule has 0 unspecified atom stereocenters. The van der Waals surface area contributed by atoms with E-state index in [1.165, 1.54) is 0 Å². The van der Waals surface area contributed by atoms with E-state index >= 15 is 0 Å². The van der Waals surface area contributed by atoms with Crippen LogP contribution in [-0.2, 0) is 6.61 Å². The van der Waals surface area contributed by atoms with E-state index in [4.69, 9.17) is 16.7 Å². The van der Waals surface area contributed by atoms with E-state index in [0.29, 0.717) is 22.6 Å². The third-order valence-electron chi connectivity index (χ3n) is 1.86. The molecule has 3 heteroatoms. The Morgan fingerprint density at radius 2 is 2.23 bits per heavy atom. The van der Waals surface area contributed by atoms with Crippen LogP contribution in [0.2, 0.25) is 5.02 Å². The van der Waals surface area contributed by atoms with Gasteiger partial charge in [0.2, 0.25) is 0 Å². The number of hydrogen-bond acceptors (Lipinski definition) is 2. The molecule has 1 aromatic carbocycles. The Labute approximate surface area is 82.2 Å². The van der Waals surface area contributed by atoms with Gasteiger partial charge in [0.1, 0.15) is 0 Å². The highest BCUT2D eigenvalue weighted by molar-refractivity contribution is 6.31. The number of aliphatic hydroxyl groups excluding tert-OH is 1. The minimum Gasteiger partial charge on any atom is -0.392 e. The van der Waals surface area contributed by atoms with Gasteiger partial charge in [-0.25, -0.2) is 0 Å². The molecule has 0 amide bonds. The van der Waals surface area contributed by atoms with Gasteiger partial charge in [-0.15, -0.1) is 0 Å². The Bertz CT molecular complexity index is 321. The van der Waals surface area contributed by atoms with Crippen LogP contribution in [-0.4, -0.2) is 10.9 Å². The van der Waals surface area contributed by atoms with Crippen molar-refractivity contribution in [3.8, 4) is 0 Å². The predicted octanol–water partition coefficient (Wildman–Crippen LogP) is 2.43. The smallest absolute Gasteiger partial charge is 0.162 e. The van der Waals surface area contributed by atoms with Gasteiger partial charge in [-0.1, -0.05) is 18.5 Å². The number of aliphatic hydroxyl groups is 1. The van der Waals surface area contributed by atoms with Gasteiger partial charge >= 0.3 is 0 Å². The molecule has 13 heavy (non-hydrogen) atoms. The fourth-order valence-corrected chi connectivity index (χ4v) is 1.25. The Morgan fingerprint density at radius 3 is 2.77 bits per heavy atom. The Balaban J connectivity index is 3.06. The van der Waals surface area contributed by atoms with Gasteiger partial charge in [0.15, 0.2) is 5.78 Å². The van der Waals surface area contributed by atoms with Crippen LogP contribution in [0.25, 0.3) is 0 Å². The lowest BCUT2D eigenvalue weighted by molar-refractivity contribution is 0.0988. The zero-order valence-electron chi connectivity index (χ0n) is 7.38. The molecule has 0 aliphatic rings. The third kappa shape index (κ3) is 2.29. The second-order valence-electron chi connectivity index (χ2n) is 2.74. The summed E-state index contributed by atoms with van der Waals surface area (Å²) in [5, 5.41) is 9.40. The number of Topliss-reactive ketones (excluding diaryl/α,β-unsaturated/α-hetero) is 1. The number of rotatable bonds is 3. The minimum absolute atomic E-state index is 0.0615. The standard InChI is InChI=1S/C10H11ClO2/c1-2-10(13)7-3-4-9(11)8(5-7)6-12/h3-5,12H,2,6H2,1H3. The first kappa shape index (κ1) is 10.2. The Hall–Kier alpha value is -0.860. The average molecular weight is 199 g/mol. The highest BCUT2D eigenvalue weighted by Crippen LogP contribution is 2.18. The van der Waals surface area contributed by atoms with Crippen LogP contribution in [0.4, 0.5) is 0 Å². The zero-order chi connectivity index (χ0) is 9.84. The van der Waals surface area contributed by atoms with E-state index < -0.39 is 0 Å². The fourth-order valence-electron chi connectivity index (χ4n) is 1.07. The number of carbonyl (C=O) groups is 1. The minimum atomic E-state index is -0.135. The van der Waals surface area contributed by atoms with Crippen molar-refractivity contribution >= 4 is 17.4 Å². The van der Waals surface area contributed by atoms with Gasteiger partial charge < -0.3 is 5.11 Å². The van der Waals surface area contributed by atoms with Crippen molar-refractivity contribution in [1.29, 1.82) is 0 Å². The van der Waals surface area contributed by atoms with Crippen molar-refractivity contribution < 1.29 is 9.90 Å². The molecule has 0 radical (unpaired) electrons. The summed E-state index contributed by atoms with van der Waals surface area (Å²) in [6.07, 6.45) is 0.465. The number of halogens is 1. The van der Waals surface area contributed by atoms with E-state index in [0.717, 1.165) is 0 Å². The quantitative estimate of drug-likeness (QED) is 0.758. The van der Waals surface area contributed by atoms with Crippen LogP contribution >= 0.6 is 11.6 Å². The number of benzene rings is 1. The highest BCUT2D eigenvalue weighted by Gasteiger charge is 2.05. The van der Waals surface area contributed by atoms with Crippen LogP contribution < -0.4 is 0 Å². The molecule has 0 spiro atoms. The number of carbonyl (C=O) groups excluding carboxylic acids is 1. The van der Waals surface area contributed by atoms with Gasteiger partial charge in [0.05, 0.1) is 6.61 Å². The third-order valence-corrected chi connectivity index (χ3v) is 2.23. The van der Waals surface area contributed by atoms with Gasteiger partial charge in [-0.2, -0.15) is 0 Å². The van der Waals surface area contributed by atoms with Crippen LogP contribution in [0, 0.1) is 0 Å². The first-order valence-corrected chi connectivity index (χ1v) is 4.49. The van der Waals surface area contributed by atoms with E-state index in [2.05, 4.69) is 0 Å². The van der Waals surface area contributed by atoms with Crippen LogP contribution in [0.1, 0.15) is 29.3 Å². The highest BCUT2D eigenvalue weighted by atomic mass is 35.5. The first-order chi connectivity index (χ1) is 6.19. The normalized spacial score (nSPS) is 10.1. The molecule has 0 aromatic heterocycles. The van der Waals surface area contributed by atoms with Gasteiger partial charge in [0.25, 0.3) is 0 Å². The van der Waals surface area contributed by atoms with Crippen molar-refractivity contribution in [3.05, 3.63) is 34.3 Å². The predicted molar refractivity (Wildman–Crippen MR) is 52.0 cm³/mol. The number of ketones is 1. The van der Waals surface area contributed by atoms with E-state index in [1.54, 1.807) is 25.1 Å². The molecule has 0 aliphatic heterocycles. The van der Waals surface area contributed by atoms with Crippen molar-refractivity contribution in [2.24, 2.45) is 0 Å². The molecule has 1 N–H and O–H groups in total. The molecular weight excluding hydrogens is 188 g/mol. The molecule has 0 saturated heterocycles. The Morgan fingerprint density at radius 1 is 1.54 bits per heavy atom. The maximum atomic E-state index is 11.3. The van der Waals surface area contributed by atoms with E-state index in [1.807, 2.05) is 0 Å². The molecule has 0 fully saturated rings. The van der Waals surface area contributed by atoms with Crippen molar-refractivity contribution in [2.45, 2.75) is 20.0 Å². The molecule has 0 atom stereocenters. The molecule has 2 nitrogen and oxygen atoms in total. The van der Waals surface area contributed by atoms with Gasteiger partial charge in [0, 0.05) is 17.0 Å². The molecule has 70 valence electrons. The lowest BCUT2D eigenvalue weighted by Crippen LogP contribution is -1.98. The first-order valence-electron chi connectivity index (χ1n) is 4.11.